The van der Waals surface area contributed by atoms with E-state index in [4.69, 9.17) is 16.3 Å². The molecule has 7 heteroatoms. The summed E-state index contributed by atoms with van der Waals surface area (Å²) in [4.78, 5) is 25.7. The van der Waals surface area contributed by atoms with E-state index in [1.807, 2.05) is 67.7 Å². The molecule has 0 unspecified atom stereocenters. The highest BCUT2D eigenvalue weighted by Gasteiger charge is 2.47. The molecular weight excluding hydrogens is 426 g/mol. The molecule has 3 aromatic carbocycles. The molecule has 0 bridgehead atoms. The Morgan fingerprint density at radius 1 is 1.06 bits per heavy atom. The lowest BCUT2D eigenvalue weighted by Crippen LogP contribution is -2.42. The molecule has 1 fully saturated rings. The summed E-state index contributed by atoms with van der Waals surface area (Å²) in [5.41, 5.74) is 5.10. The van der Waals surface area contributed by atoms with Crippen LogP contribution >= 0.6 is 11.6 Å². The number of hydrazine groups is 1. The van der Waals surface area contributed by atoms with Crippen LogP contribution in [-0.4, -0.2) is 35.4 Å². The van der Waals surface area contributed by atoms with Crippen LogP contribution in [0.15, 0.2) is 78.9 Å². The first-order valence-corrected chi connectivity index (χ1v) is 10.7. The minimum atomic E-state index is -0.778. The summed E-state index contributed by atoms with van der Waals surface area (Å²) < 4.78 is 7.23. The zero-order valence-electron chi connectivity index (χ0n) is 17.5. The van der Waals surface area contributed by atoms with Gasteiger partial charge in [-0.3, -0.25) is 9.59 Å². The molecule has 0 aliphatic carbocycles. The Bertz CT molecular complexity index is 1130. The van der Waals surface area contributed by atoms with Gasteiger partial charge in [-0.1, -0.05) is 41.9 Å². The summed E-state index contributed by atoms with van der Waals surface area (Å²) >= 11 is 5.92. The standard InChI is InChI=1S/C25H22ClN3O3/c1-2-32-21-14-8-17(9-15-21)16-29-23(18-6-4-3-5-7-18)22(25(31)28-29)27-24(30)19-10-12-20(26)13-11-19/h3-16,22-23H,2H2,1H3,(H-,27,28,30,31)/p+1/b29-16-/t22-,23-/m1/s1. The Kier molecular flexibility index (Phi) is 6.52. The SMILES string of the molecule is CCOc1ccc(/C=[N+]2\NC(=O)[C@H](NC(=O)c3ccc(Cl)cc3)[C@H]2c2ccccc2)cc1. The number of carbonyl (C=O) groups excluding carboxylic acids is 2. The molecule has 3 aromatic rings. The number of ether oxygens (including phenoxy) is 1. The van der Waals surface area contributed by atoms with Gasteiger partial charge in [0.25, 0.3) is 5.91 Å². The zero-order chi connectivity index (χ0) is 22.5. The third-order valence-corrected chi connectivity index (χ3v) is 5.40. The number of hydrogen-bond donors (Lipinski definition) is 2. The molecule has 0 saturated carbocycles. The Morgan fingerprint density at radius 2 is 1.75 bits per heavy atom. The molecular formula is C25H23ClN3O3+. The van der Waals surface area contributed by atoms with Crippen LogP contribution in [0.2, 0.25) is 5.02 Å². The van der Waals surface area contributed by atoms with Crippen molar-refractivity contribution >= 4 is 29.6 Å². The Balaban J connectivity index is 1.64. The molecule has 1 aliphatic rings. The third-order valence-electron chi connectivity index (χ3n) is 5.15. The van der Waals surface area contributed by atoms with E-state index >= 15 is 0 Å². The van der Waals surface area contributed by atoms with Crippen molar-refractivity contribution in [2.24, 2.45) is 0 Å². The van der Waals surface area contributed by atoms with Crippen LogP contribution in [0.3, 0.4) is 0 Å². The van der Waals surface area contributed by atoms with Crippen LogP contribution in [-0.2, 0) is 4.79 Å². The van der Waals surface area contributed by atoms with Gasteiger partial charge in [0, 0.05) is 21.7 Å². The first kappa shape index (κ1) is 21.6. The molecule has 32 heavy (non-hydrogen) atoms. The second-order valence-electron chi connectivity index (χ2n) is 7.33. The minimum absolute atomic E-state index is 0.289. The molecule has 1 heterocycles. The molecule has 2 amide bonds. The molecule has 0 radical (unpaired) electrons. The number of rotatable bonds is 6. The second kappa shape index (κ2) is 9.66. The van der Waals surface area contributed by atoms with E-state index in [2.05, 4.69) is 10.7 Å². The van der Waals surface area contributed by atoms with Gasteiger partial charge in [0.05, 0.1) is 6.61 Å². The normalized spacial score (nSPS) is 18.9. The highest BCUT2D eigenvalue weighted by molar-refractivity contribution is 6.30. The number of benzene rings is 3. The lowest BCUT2D eigenvalue weighted by atomic mass is 10.00. The summed E-state index contributed by atoms with van der Waals surface area (Å²) in [6.45, 7) is 2.53. The van der Waals surface area contributed by atoms with Crippen LogP contribution in [0.4, 0.5) is 0 Å². The van der Waals surface area contributed by atoms with Gasteiger partial charge >= 0.3 is 5.91 Å². The summed E-state index contributed by atoms with van der Waals surface area (Å²) in [7, 11) is 0. The smallest absolute Gasteiger partial charge is 0.304 e. The summed E-state index contributed by atoms with van der Waals surface area (Å²) in [5, 5.41) is 3.42. The number of carbonyl (C=O) groups is 2. The Morgan fingerprint density at radius 3 is 2.41 bits per heavy atom. The Labute approximate surface area is 191 Å². The highest BCUT2D eigenvalue weighted by atomic mass is 35.5. The lowest BCUT2D eigenvalue weighted by Gasteiger charge is -2.14. The predicted octanol–water partition coefficient (Wildman–Crippen LogP) is 3.75. The van der Waals surface area contributed by atoms with Crippen LogP contribution < -0.4 is 15.5 Å². The molecule has 2 N–H and O–H groups in total. The molecule has 0 spiro atoms. The second-order valence-corrected chi connectivity index (χ2v) is 7.76. The molecule has 1 aliphatic heterocycles. The first-order valence-electron chi connectivity index (χ1n) is 10.3. The average Bonchev–Trinajstić information content (AvgIpc) is 3.10. The van der Waals surface area contributed by atoms with Crippen molar-refractivity contribution in [1.29, 1.82) is 0 Å². The van der Waals surface area contributed by atoms with E-state index in [0.717, 1.165) is 16.9 Å². The topological polar surface area (TPSA) is 70.4 Å². The molecule has 0 aromatic heterocycles. The maximum Gasteiger partial charge on any atom is 0.304 e. The van der Waals surface area contributed by atoms with Gasteiger partial charge in [0.1, 0.15) is 5.75 Å². The van der Waals surface area contributed by atoms with E-state index < -0.39 is 12.1 Å². The highest BCUT2D eigenvalue weighted by Crippen LogP contribution is 2.25. The zero-order valence-corrected chi connectivity index (χ0v) is 18.3. The van der Waals surface area contributed by atoms with Gasteiger partial charge < -0.3 is 10.1 Å². The Hall–Kier alpha value is -3.64. The van der Waals surface area contributed by atoms with Gasteiger partial charge in [-0.05, 0) is 55.5 Å². The van der Waals surface area contributed by atoms with Crippen LogP contribution in [0, 0.1) is 0 Å². The first-order chi connectivity index (χ1) is 15.5. The van der Waals surface area contributed by atoms with E-state index in [9.17, 15) is 9.59 Å². The number of nitrogens with one attached hydrogen (secondary N) is 2. The van der Waals surface area contributed by atoms with E-state index in [1.165, 1.54) is 0 Å². The molecule has 1 saturated heterocycles. The quantitative estimate of drug-likeness (QED) is 0.564. The number of hydrogen-bond acceptors (Lipinski definition) is 3. The summed E-state index contributed by atoms with van der Waals surface area (Å²) in [5.74, 6) is 0.150. The van der Waals surface area contributed by atoms with Crippen molar-refractivity contribution < 1.29 is 19.0 Å². The molecule has 6 nitrogen and oxygen atoms in total. The van der Waals surface area contributed by atoms with Gasteiger partial charge in [-0.15, -0.1) is 10.1 Å². The monoisotopic (exact) mass is 448 g/mol. The molecule has 162 valence electrons. The fourth-order valence-corrected chi connectivity index (χ4v) is 3.76. The van der Waals surface area contributed by atoms with Crippen molar-refractivity contribution in [3.63, 3.8) is 0 Å². The van der Waals surface area contributed by atoms with E-state index in [-0.39, 0.29) is 11.8 Å². The van der Waals surface area contributed by atoms with Gasteiger partial charge in [-0.2, -0.15) is 0 Å². The summed E-state index contributed by atoms with van der Waals surface area (Å²) in [6, 6.07) is 22.5. The van der Waals surface area contributed by atoms with Gasteiger partial charge in [0.2, 0.25) is 12.3 Å². The van der Waals surface area contributed by atoms with Crippen LogP contribution in [0.5, 0.6) is 5.75 Å². The number of halogens is 1. The fourth-order valence-electron chi connectivity index (χ4n) is 3.63. The van der Waals surface area contributed by atoms with Crippen LogP contribution in [0.1, 0.15) is 34.5 Å². The van der Waals surface area contributed by atoms with Crippen molar-refractivity contribution in [3.05, 3.63) is 101 Å². The summed E-state index contributed by atoms with van der Waals surface area (Å²) in [6.07, 6.45) is 1.85. The number of amides is 2. The predicted molar refractivity (Wildman–Crippen MR) is 123 cm³/mol. The third kappa shape index (κ3) is 4.81. The molecule has 2 atom stereocenters. The van der Waals surface area contributed by atoms with Crippen molar-refractivity contribution in [2.45, 2.75) is 19.0 Å². The van der Waals surface area contributed by atoms with Gasteiger partial charge in [-0.25, -0.2) is 0 Å². The maximum atomic E-state index is 12.9. The lowest BCUT2D eigenvalue weighted by molar-refractivity contribution is -0.596. The van der Waals surface area contributed by atoms with Crippen LogP contribution in [0.25, 0.3) is 0 Å². The largest absolute Gasteiger partial charge is 0.494 e. The van der Waals surface area contributed by atoms with Crippen molar-refractivity contribution in [2.75, 3.05) is 6.61 Å². The van der Waals surface area contributed by atoms with Crippen molar-refractivity contribution in [1.82, 2.24) is 10.7 Å². The number of nitrogens with zero attached hydrogens (tertiary/aromatic N) is 1. The van der Waals surface area contributed by atoms with Crippen molar-refractivity contribution in [3.8, 4) is 5.75 Å². The van der Waals surface area contributed by atoms with Gasteiger partial charge in [0.15, 0.2) is 6.04 Å². The van der Waals surface area contributed by atoms with E-state index in [1.54, 1.807) is 28.9 Å². The van der Waals surface area contributed by atoms with E-state index in [0.29, 0.717) is 17.2 Å². The minimum Gasteiger partial charge on any atom is -0.494 e. The number of hydrazone groups is 1. The maximum absolute atomic E-state index is 12.9. The average molecular weight is 449 g/mol. The molecule has 4 rings (SSSR count). The fraction of sp³-hybridized carbons (Fsp3) is 0.160.